The van der Waals surface area contributed by atoms with Crippen LogP contribution in [0.25, 0.3) is 11.0 Å². The minimum Gasteiger partial charge on any atom is -0.462 e. The van der Waals surface area contributed by atoms with Gasteiger partial charge < -0.3 is 19.2 Å². The number of para-hydroxylation sites is 1. The zero-order chi connectivity index (χ0) is 20.5. The van der Waals surface area contributed by atoms with Gasteiger partial charge in [0, 0.05) is 11.1 Å². The van der Waals surface area contributed by atoms with E-state index in [1.165, 1.54) is 0 Å². The SMILES string of the molecule is CCOC(=O)C1=C(Nc2ccc(C)c(C)c2)C(=O)OC1c1cc2ccccc2o1. The Balaban J connectivity index is 1.78. The van der Waals surface area contributed by atoms with Gasteiger partial charge in [-0.25, -0.2) is 9.59 Å². The molecule has 1 aliphatic rings. The molecular formula is C23H21NO5. The zero-order valence-electron chi connectivity index (χ0n) is 16.4. The van der Waals surface area contributed by atoms with Gasteiger partial charge in [-0.15, -0.1) is 0 Å². The quantitative estimate of drug-likeness (QED) is 0.642. The summed E-state index contributed by atoms with van der Waals surface area (Å²) >= 11 is 0. The Morgan fingerprint density at radius 3 is 2.62 bits per heavy atom. The summed E-state index contributed by atoms with van der Waals surface area (Å²) in [6, 6.07) is 14.9. The van der Waals surface area contributed by atoms with Gasteiger partial charge in [0.25, 0.3) is 0 Å². The number of carbonyl (C=O) groups is 2. The molecule has 148 valence electrons. The predicted octanol–water partition coefficient (Wildman–Crippen LogP) is 4.58. The summed E-state index contributed by atoms with van der Waals surface area (Å²) in [5.74, 6) is -0.869. The van der Waals surface area contributed by atoms with Crippen LogP contribution in [0.3, 0.4) is 0 Å². The van der Waals surface area contributed by atoms with Crippen LogP contribution in [-0.4, -0.2) is 18.5 Å². The van der Waals surface area contributed by atoms with E-state index >= 15 is 0 Å². The van der Waals surface area contributed by atoms with Crippen LogP contribution in [0.1, 0.15) is 29.9 Å². The van der Waals surface area contributed by atoms with Crippen molar-refractivity contribution in [3.05, 3.63) is 76.7 Å². The topological polar surface area (TPSA) is 77.8 Å². The van der Waals surface area contributed by atoms with E-state index in [1.807, 2.05) is 56.3 Å². The largest absolute Gasteiger partial charge is 0.462 e. The van der Waals surface area contributed by atoms with Gasteiger partial charge in [0.2, 0.25) is 0 Å². The van der Waals surface area contributed by atoms with Crippen molar-refractivity contribution in [1.82, 2.24) is 0 Å². The number of ether oxygens (including phenoxy) is 2. The summed E-state index contributed by atoms with van der Waals surface area (Å²) in [5.41, 5.74) is 3.70. The molecule has 1 unspecified atom stereocenters. The minimum absolute atomic E-state index is 0.0668. The van der Waals surface area contributed by atoms with Crippen LogP contribution in [0, 0.1) is 13.8 Å². The Labute approximate surface area is 168 Å². The van der Waals surface area contributed by atoms with Crippen molar-refractivity contribution < 1.29 is 23.5 Å². The van der Waals surface area contributed by atoms with Gasteiger partial charge in [0.05, 0.1) is 6.61 Å². The molecular weight excluding hydrogens is 370 g/mol. The number of hydrogen-bond donors (Lipinski definition) is 1. The molecule has 29 heavy (non-hydrogen) atoms. The Hall–Kier alpha value is -3.54. The number of cyclic esters (lactones) is 1. The molecule has 0 bridgehead atoms. The third-order valence-corrected chi connectivity index (χ3v) is 4.94. The summed E-state index contributed by atoms with van der Waals surface area (Å²) in [6.45, 7) is 5.87. The van der Waals surface area contributed by atoms with Gasteiger partial charge in [0.1, 0.15) is 16.9 Å². The van der Waals surface area contributed by atoms with Crippen molar-refractivity contribution in [2.24, 2.45) is 0 Å². The van der Waals surface area contributed by atoms with E-state index in [9.17, 15) is 9.59 Å². The molecule has 0 amide bonds. The molecule has 0 radical (unpaired) electrons. The monoisotopic (exact) mass is 391 g/mol. The molecule has 1 atom stereocenters. The molecule has 1 aliphatic heterocycles. The van der Waals surface area contributed by atoms with Crippen molar-refractivity contribution in [3.8, 4) is 0 Å². The highest BCUT2D eigenvalue weighted by Crippen LogP contribution is 2.38. The van der Waals surface area contributed by atoms with E-state index in [2.05, 4.69) is 5.32 Å². The smallest absolute Gasteiger partial charge is 0.356 e. The lowest BCUT2D eigenvalue weighted by molar-refractivity contribution is -0.142. The summed E-state index contributed by atoms with van der Waals surface area (Å²) < 4.78 is 16.6. The lowest BCUT2D eigenvalue weighted by atomic mass is 10.1. The summed E-state index contributed by atoms with van der Waals surface area (Å²) in [4.78, 5) is 25.4. The molecule has 4 rings (SSSR count). The van der Waals surface area contributed by atoms with Crippen LogP contribution < -0.4 is 5.32 Å². The molecule has 0 fully saturated rings. The molecule has 6 heteroatoms. The first-order valence-electron chi connectivity index (χ1n) is 9.43. The van der Waals surface area contributed by atoms with Gasteiger partial charge in [-0.05, 0) is 56.2 Å². The number of fused-ring (bicyclic) bond motifs is 1. The summed E-state index contributed by atoms with van der Waals surface area (Å²) in [7, 11) is 0. The molecule has 0 spiro atoms. The van der Waals surface area contributed by atoms with Crippen LogP contribution in [0.4, 0.5) is 5.69 Å². The average Bonchev–Trinajstić information content (AvgIpc) is 3.26. The fourth-order valence-electron chi connectivity index (χ4n) is 3.30. The zero-order valence-corrected chi connectivity index (χ0v) is 16.4. The summed E-state index contributed by atoms with van der Waals surface area (Å²) in [6.07, 6.45) is -0.969. The second-order valence-corrected chi connectivity index (χ2v) is 6.91. The first kappa shape index (κ1) is 18.8. The Morgan fingerprint density at radius 2 is 1.90 bits per heavy atom. The first-order valence-corrected chi connectivity index (χ1v) is 9.43. The number of esters is 2. The molecule has 2 heterocycles. The van der Waals surface area contributed by atoms with E-state index in [0.29, 0.717) is 17.0 Å². The maximum atomic E-state index is 12.7. The van der Waals surface area contributed by atoms with Gasteiger partial charge in [0.15, 0.2) is 11.9 Å². The predicted molar refractivity (Wildman–Crippen MR) is 108 cm³/mol. The second kappa shape index (κ2) is 7.47. The third-order valence-electron chi connectivity index (χ3n) is 4.94. The fraction of sp³-hybridized carbons (Fsp3) is 0.217. The molecule has 1 N–H and O–H groups in total. The van der Waals surface area contributed by atoms with E-state index in [4.69, 9.17) is 13.9 Å². The second-order valence-electron chi connectivity index (χ2n) is 6.91. The number of anilines is 1. The molecule has 1 aromatic heterocycles. The number of nitrogens with one attached hydrogen (secondary N) is 1. The molecule has 0 saturated carbocycles. The lowest BCUT2D eigenvalue weighted by Crippen LogP contribution is -2.16. The Bertz CT molecular complexity index is 1110. The number of carbonyl (C=O) groups excluding carboxylic acids is 2. The van der Waals surface area contributed by atoms with E-state index in [1.54, 1.807) is 13.0 Å². The standard InChI is InChI=1S/C23H21NO5/c1-4-27-22(25)19-20(24-16-10-9-13(2)14(3)11-16)23(26)29-21(19)18-12-15-7-5-6-8-17(15)28-18/h5-12,21,24H,4H2,1-3H3. The number of aryl methyl sites for hydroxylation is 2. The minimum atomic E-state index is -0.969. The van der Waals surface area contributed by atoms with Gasteiger partial charge in [-0.2, -0.15) is 0 Å². The van der Waals surface area contributed by atoms with Crippen LogP contribution in [-0.2, 0) is 19.1 Å². The first-order chi connectivity index (χ1) is 14.0. The van der Waals surface area contributed by atoms with E-state index in [-0.39, 0.29) is 17.9 Å². The normalized spacial score (nSPS) is 16.2. The maximum Gasteiger partial charge on any atom is 0.356 e. The van der Waals surface area contributed by atoms with Gasteiger partial charge >= 0.3 is 11.9 Å². The van der Waals surface area contributed by atoms with Crippen LogP contribution in [0.15, 0.2) is 64.2 Å². The fourth-order valence-corrected chi connectivity index (χ4v) is 3.30. The number of furan rings is 1. The van der Waals surface area contributed by atoms with Crippen molar-refractivity contribution >= 4 is 28.6 Å². The highest BCUT2D eigenvalue weighted by atomic mass is 16.6. The Morgan fingerprint density at radius 1 is 1.10 bits per heavy atom. The lowest BCUT2D eigenvalue weighted by Gasteiger charge is -2.11. The molecule has 0 saturated heterocycles. The van der Waals surface area contributed by atoms with Crippen molar-refractivity contribution in [3.63, 3.8) is 0 Å². The number of hydrogen-bond acceptors (Lipinski definition) is 6. The van der Waals surface area contributed by atoms with Gasteiger partial charge in [-0.3, -0.25) is 0 Å². The van der Waals surface area contributed by atoms with Crippen LogP contribution in [0.2, 0.25) is 0 Å². The highest BCUT2D eigenvalue weighted by Gasteiger charge is 2.42. The summed E-state index contributed by atoms with van der Waals surface area (Å²) in [5, 5.41) is 3.90. The number of rotatable bonds is 5. The molecule has 3 aromatic rings. The third kappa shape index (κ3) is 3.49. The van der Waals surface area contributed by atoms with Gasteiger partial charge in [-0.1, -0.05) is 24.3 Å². The van der Waals surface area contributed by atoms with Crippen molar-refractivity contribution in [2.75, 3.05) is 11.9 Å². The van der Waals surface area contributed by atoms with Crippen molar-refractivity contribution in [2.45, 2.75) is 26.9 Å². The van der Waals surface area contributed by atoms with E-state index < -0.39 is 18.0 Å². The maximum absolute atomic E-state index is 12.7. The van der Waals surface area contributed by atoms with Crippen LogP contribution in [0.5, 0.6) is 0 Å². The molecule has 6 nitrogen and oxygen atoms in total. The van der Waals surface area contributed by atoms with Crippen LogP contribution >= 0.6 is 0 Å². The average molecular weight is 391 g/mol. The molecule has 0 aliphatic carbocycles. The van der Waals surface area contributed by atoms with Crippen molar-refractivity contribution in [1.29, 1.82) is 0 Å². The highest BCUT2D eigenvalue weighted by molar-refractivity contribution is 6.06. The van der Waals surface area contributed by atoms with E-state index in [0.717, 1.165) is 16.5 Å². The molecule has 2 aromatic carbocycles. The Kier molecular flexibility index (Phi) is 4.84. The number of benzene rings is 2.